The van der Waals surface area contributed by atoms with Crippen molar-refractivity contribution in [3.05, 3.63) is 33.8 Å². The van der Waals surface area contributed by atoms with Crippen LogP contribution in [-0.4, -0.2) is 12.6 Å². The van der Waals surface area contributed by atoms with Crippen molar-refractivity contribution < 1.29 is 9.53 Å². The van der Waals surface area contributed by atoms with Crippen LogP contribution in [-0.2, 0) is 9.53 Å². The predicted octanol–water partition coefficient (Wildman–Crippen LogP) is 2.91. The Morgan fingerprint density at radius 1 is 1.47 bits per heavy atom. The fourth-order valence-corrected chi connectivity index (χ4v) is 1.22. The molecule has 0 unspecified atom stereocenters. The third kappa shape index (κ3) is 3.83. The number of halogens is 2. The van der Waals surface area contributed by atoms with E-state index >= 15 is 0 Å². The van der Waals surface area contributed by atoms with Crippen molar-refractivity contribution in [3.8, 4) is 11.8 Å². The molecule has 0 saturated carbocycles. The Kier molecular flexibility index (Phi) is 4.48. The fourth-order valence-electron chi connectivity index (χ4n) is 0.879. The highest BCUT2D eigenvalue weighted by atomic mass is 35.5. The predicted molar refractivity (Wildman–Crippen MR) is 60.0 cm³/mol. The summed E-state index contributed by atoms with van der Waals surface area (Å²) in [7, 11) is 0. The van der Waals surface area contributed by atoms with Gasteiger partial charge in [0.15, 0.2) is 0 Å². The number of rotatable bonds is 1. The SMILES string of the molecule is CCOC(=O)C#Cc1cc(Cl)ccc1Cl. The molecular weight excluding hydrogens is 235 g/mol. The third-order valence-corrected chi connectivity index (χ3v) is 2.07. The van der Waals surface area contributed by atoms with Crippen LogP contribution in [0, 0.1) is 11.8 Å². The molecular formula is C11H8Cl2O2. The van der Waals surface area contributed by atoms with Crippen LogP contribution in [0.1, 0.15) is 12.5 Å². The highest BCUT2D eigenvalue weighted by Crippen LogP contribution is 2.19. The van der Waals surface area contributed by atoms with Crippen LogP contribution in [0.3, 0.4) is 0 Å². The molecule has 78 valence electrons. The van der Waals surface area contributed by atoms with Crippen molar-refractivity contribution in [1.82, 2.24) is 0 Å². The van der Waals surface area contributed by atoms with Crippen molar-refractivity contribution in [1.29, 1.82) is 0 Å². The van der Waals surface area contributed by atoms with Crippen LogP contribution >= 0.6 is 23.2 Å². The second-order valence-corrected chi connectivity index (χ2v) is 3.44. The highest BCUT2D eigenvalue weighted by Gasteiger charge is 1.99. The molecule has 4 heteroatoms. The van der Waals surface area contributed by atoms with Gasteiger partial charge in [-0.25, -0.2) is 4.79 Å². The maximum absolute atomic E-state index is 10.9. The Bertz CT molecular complexity index is 430. The van der Waals surface area contributed by atoms with Crippen molar-refractivity contribution in [2.45, 2.75) is 6.92 Å². The van der Waals surface area contributed by atoms with Gasteiger partial charge in [-0.2, -0.15) is 0 Å². The van der Waals surface area contributed by atoms with Crippen LogP contribution in [0.2, 0.25) is 10.0 Å². The lowest BCUT2D eigenvalue weighted by Gasteiger charge is -1.96. The summed E-state index contributed by atoms with van der Waals surface area (Å²) in [6.07, 6.45) is 0. The largest absolute Gasteiger partial charge is 0.456 e. The monoisotopic (exact) mass is 242 g/mol. The lowest BCUT2D eigenvalue weighted by atomic mass is 10.2. The van der Waals surface area contributed by atoms with Crippen LogP contribution in [0.4, 0.5) is 0 Å². The first-order valence-electron chi connectivity index (χ1n) is 4.27. The maximum atomic E-state index is 10.9. The Labute approximate surface area is 98.1 Å². The van der Waals surface area contributed by atoms with Crippen molar-refractivity contribution in [2.24, 2.45) is 0 Å². The van der Waals surface area contributed by atoms with Gasteiger partial charge in [0.2, 0.25) is 0 Å². The summed E-state index contributed by atoms with van der Waals surface area (Å²) in [5.41, 5.74) is 0.511. The zero-order valence-corrected chi connectivity index (χ0v) is 9.52. The van der Waals surface area contributed by atoms with Gasteiger partial charge >= 0.3 is 5.97 Å². The Morgan fingerprint density at radius 2 is 2.20 bits per heavy atom. The van der Waals surface area contributed by atoms with E-state index in [9.17, 15) is 4.79 Å². The molecule has 15 heavy (non-hydrogen) atoms. The van der Waals surface area contributed by atoms with E-state index in [1.807, 2.05) is 0 Å². The second kappa shape index (κ2) is 5.65. The molecule has 1 rings (SSSR count). The summed E-state index contributed by atoms with van der Waals surface area (Å²) < 4.78 is 4.65. The van der Waals surface area contributed by atoms with E-state index in [2.05, 4.69) is 16.6 Å². The first-order chi connectivity index (χ1) is 7.13. The quantitative estimate of drug-likeness (QED) is 0.560. The summed E-state index contributed by atoms with van der Waals surface area (Å²) in [6, 6.07) is 4.87. The number of carbonyl (C=O) groups is 1. The van der Waals surface area contributed by atoms with Gasteiger partial charge in [-0.05, 0) is 25.1 Å². The minimum Gasteiger partial charge on any atom is -0.456 e. The van der Waals surface area contributed by atoms with Crippen molar-refractivity contribution in [3.63, 3.8) is 0 Å². The van der Waals surface area contributed by atoms with Gasteiger partial charge in [-0.1, -0.05) is 29.1 Å². The molecule has 0 aromatic heterocycles. The van der Waals surface area contributed by atoms with E-state index in [1.165, 1.54) is 0 Å². The highest BCUT2D eigenvalue weighted by molar-refractivity contribution is 6.33. The average molecular weight is 243 g/mol. The third-order valence-electron chi connectivity index (χ3n) is 1.50. The van der Waals surface area contributed by atoms with Gasteiger partial charge < -0.3 is 4.74 Å². The van der Waals surface area contributed by atoms with E-state index in [-0.39, 0.29) is 0 Å². The number of hydrogen-bond acceptors (Lipinski definition) is 2. The lowest BCUT2D eigenvalue weighted by Crippen LogP contribution is -1.99. The summed E-state index contributed by atoms with van der Waals surface area (Å²) in [5.74, 6) is 4.34. The number of esters is 1. The van der Waals surface area contributed by atoms with Crippen molar-refractivity contribution >= 4 is 29.2 Å². The zero-order chi connectivity index (χ0) is 11.3. The lowest BCUT2D eigenvalue weighted by molar-refractivity contribution is -0.136. The topological polar surface area (TPSA) is 26.3 Å². The minimum atomic E-state index is -0.575. The summed E-state index contributed by atoms with van der Waals surface area (Å²) in [5, 5.41) is 0.976. The van der Waals surface area contributed by atoms with Gasteiger partial charge in [-0.3, -0.25) is 0 Å². The smallest absolute Gasteiger partial charge is 0.384 e. The van der Waals surface area contributed by atoms with E-state index in [4.69, 9.17) is 23.2 Å². The second-order valence-electron chi connectivity index (χ2n) is 2.59. The Hall–Kier alpha value is -1.17. The number of carbonyl (C=O) groups excluding carboxylic acids is 1. The standard InChI is InChI=1S/C11H8Cl2O2/c1-2-15-11(14)6-3-8-7-9(12)4-5-10(8)13/h4-5,7H,2H2,1H3. The fraction of sp³-hybridized carbons (Fsp3) is 0.182. The Morgan fingerprint density at radius 3 is 2.87 bits per heavy atom. The van der Waals surface area contributed by atoms with E-state index in [1.54, 1.807) is 25.1 Å². The maximum Gasteiger partial charge on any atom is 0.384 e. The minimum absolute atomic E-state index is 0.302. The zero-order valence-electron chi connectivity index (χ0n) is 8.01. The van der Waals surface area contributed by atoms with Gasteiger partial charge in [0.05, 0.1) is 11.6 Å². The number of ether oxygens (including phenoxy) is 1. The molecule has 0 heterocycles. The molecule has 0 radical (unpaired) electrons. The molecule has 0 aliphatic rings. The molecule has 0 amide bonds. The molecule has 0 aliphatic carbocycles. The van der Waals surface area contributed by atoms with Crippen LogP contribution in [0.25, 0.3) is 0 Å². The van der Waals surface area contributed by atoms with Crippen LogP contribution in [0.5, 0.6) is 0 Å². The summed E-state index contributed by atoms with van der Waals surface area (Å²) >= 11 is 11.6. The molecule has 0 fully saturated rings. The normalized spacial score (nSPS) is 9.00. The van der Waals surface area contributed by atoms with Gasteiger partial charge in [0, 0.05) is 16.5 Å². The molecule has 0 spiro atoms. The van der Waals surface area contributed by atoms with Crippen LogP contribution in [0.15, 0.2) is 18.2 Å². The summed E-state index contributed by atoms with van der Waals surface area (Å²) in [6.45, 7) is 2.02. The molecule has 0 N–H and O–H groups in total. The Balaban J connectivity index is 2.88. The summed E-state index contributed by atoms with van der Waals surface area (Å²) in [4.78, 5) is 10.9. The van der Waals surface area contributed by atoms with Gasteiger partial charge in [0.1, 0.15) is 0 Å². The first kappa shape index (κ1) is 11.9. The number of benzene rings is 1. The van der Waals surface area contributed by atoms with Gasteiger partial charge in [-0.15, -0.1) is 0 Å². The molecule has 0 saturated heterocycles. The van der Waals surface area contributed by atoms with E-state index in [0.717, 1.165) is 0 Å². The molecule has 0 atom stereocenters. The molecule has 1 aromatic carbocycles. The molecule has 0 aliphatic heterocycles. The van der Waals surface area contributed by atoms with Gasteiger partial charge in [0.25, 0.3) is 0 Å². The first-order valence-corrected chi connectivity index (χ1v) is 5.03. The van der Waals surface area contributed by atoms with Crippen molar-refractivity contribution in [2.75, 3.05) is 6.61 Å². The van der Waals surface area contributed by atoms with Crippen LogP contribution < -0.4 is 0 Å². The number of hydrogen-bond donors (Lipinski definition) is 0. The van der Waals surface area contributed by atoms with E-state index < -0.39 is 5.97 Å². The van der Waals surface area contributed by atoms with E-state index in [0.29, 0.717) is 22.2 Å². The average Bonchev–Trinajstić information content (AvgIpc) is 2.20. The molecule has 2 nitrogen and oxygen atoms in total. The molecule has 1 aromatic rings. The molecule has 0 bridgehead atoms.